The number of imidazole rings is 1. The highest BCUT2D eigenvalue weighted by molar-refractivity contribution is 14.1. The fraction of sp³-hybridized carbons (Fsp3) is 0.364. The van der Waals surface area contributed by atoms with Crippen LogP contribution in [0.3, 0.4) is 0 Å². The predicted octanol–water partition coefficient (Wildman–Crippen LogP) is 2.65. The molecule has 6 heteroatoms. The fourth-order valence-electron chi connectivity index (χ4n) is 1.91. The summed E-state index contributed by atoms with van der Waals surface area (Å²) in [6.07, 6.45) is 2.26. The minimum atomic E-state index is -0.877. The van der Waals surface area contributed by atoms with E-state index in [2.05, 4.69) is 14.8 Å². The SMILES string of the molecule is OC(C#CI)c1c(C2CC2F)sc2cncn12. The Morgan fingerprint density at radius 2 is 2.47 bits per heavy atom. The van der Waals surface area contributed by atoms with Gasteiger partial charge in [-0.05, 0) is 10.3 Å². The molecule has 1 aliphatic carbocycles. The lowest BCUT2D eigenvalue weighted by atomic mass is 10.2. The number of aliphatic hydroxyl groups is 1. The average Bonchev–Trinajstić information content (AvgIpc) is 2.74. The van der Waals surface area contributed by atoms with Gasteiger partial charge in [-0.25, -0.2) is 9.37 Å². The van der Waals surface area contributed by atoms with Crippen molar-refractivity contribution in [2.45, 2.75) is 24.6 Å². The van der Waals surface area contributed by atoms with Gasteiger partial charge in [0, 0.05) is 33.4 Å². The van der Waals surface area contributed by atoms with E-state index in [4.69, 9.17) is 0 Å². The Bertz CT molecular complexity index is 626. The van der Waals surface area contributed by atoms with E-state index in [-0.39, 0.29) is 5.92 Å². The molecule has 0 aromatic carbocycles. The summed E-state index contributed by atoms with van der Waals surface area (Å²) in [5.74, 6) is 2.63. The molecule has 0 amide bonds. The second-order valence-electron chi connectivity index (χ2n) is 3.95. The van der Waals surface area contributed by atoms with Gasteiger partial charge in [-0.2, -0.15) is 0 Å². The van der Waals surface area contributed by atoms with Gasteiger partial charge < -0.3 is 5.11 Å². The maximum Gasteiger partial charge on any atom is 0.157 e. The van der Waals surface area contributed by atoms with Crippen molar-refractivity contribution in [3.63, 3.8) is 0 Å². The van der Waals surface area contributed by atoms with Crippen LogP contribution in [0.25, 0.3) is 4.83 Å². The van der Waals surface area contributed by atoms with Gasteiger partial charge in [-0.1, -0.05) is 5.92 Å². The number of aliphatic hydroxyl groups excluding tert-OH is 1. The van der Waals surface area contributed by atoms with Gasteiger partial charge in [0.05, 0.1) is 11.9 Å². The molecule has 3 rings (SSSR count). The number of aromatic nitrogens is 2. The fourth-order valence-corrected chi connectivity index (χ4v) is 3.50. The van der Waals surface area contributed by atoms with Crippen molar-refractivity contribution in [3.8, 4) is 9.85 Å². The van der Waals surface area contributed by atoms with Crippen LogP contribution < -0.4 is 0 Å². The summed E-state index contributed by atoms with van der Waals surface area (Å²) in [7, 11) is 0. The van der Waals surface area contributed by atoms with Crippen molar-refractivity contribution >= 4 is 38.8 Å². The van der Waals surface area contributed by atoms with Gasteiger partial charge in [0.1, 0.15) is 17.3 Å². The molecular formula is C11H8FIN2OS. The molecule has 1 fully saturated rings. The molecule has 88 valence electrons. The van der Waals surface area contributed by atoms with Crippen molar-refractivity contribution in [1.82, 2.24) is 9.38 Å². The maximum absolute atomic E-state index is 13.2. The highest BCUT2D eigenvalue weighted by Gasteiger charge is 2.42. The zero-order valence-electron chi connectivity index (χ0n) is 8.60. The van der Waals surface area contributed by atoms with Gasteiger partial charge in [0.15, 0.2) is 6.10 Å². The van der Waals surface area contributed by atoms with E-state index in [0.717, 1.165) is 9.71 Å². The first-order valence-corrected chi connectivity index (χ1v) is 7.00. The molecule has 1 aliphatic rings. The van der Waals surface area contributed by atoms with E-state index < -0.39 is 12.3 Å². The zero-order valence-corrected chi connectivity index (χ0v) is 11.6. The standard InChI is InChI=1S/C11H8FIN2OS/c12-7-3-6(7)11-10(8(16)1-2-13)15-5-14-4-9(15)17-11/h4-8,16H,3H2. The van der Waals surface area contributed by atoms with E-state index in [1.807, 2.05) is 22.6 Å². The van der Waals surface area contributed by atoms with Crippen LogP contribution in [0.5, 0.6) is 0 Å². The number of hydrogen-bond acceptors (Lipinski definition) is 3. The average molecular weight is 362 g/mol. The van der Waals surface area contributed by atoms with Crippen LogP contribution in [0.15, 0.2) is 12.5 Å². The summed E-state index contributed by atoms with van der Waals surface area (Å²) in [4.78, 5) is 5.85. The Morgan fingerprint density at radius 1 is 1.71 bits per heavy atom. The molecule has 0 spiro atoms. The van der Waals surface area contributed by atoms with E-state index in [1.54, 1.807) is 16.9 Å². The second-order valence-corrected chi connectivity index (χ2v) is 5.55. The molecular weight excluding hydrogens is 354 g/mol. The Kier molecular flexibility index (Phi) is 2.84. The van der Waals surface area contributed by atoms with Crippen LogP contribution in [-0.4, -0.2) is 20.7 Å². The van der Waals surface area contributed by atoms with Crippen LogP contribution in [0, 0.1) is 9.85 Å². The van der Waals surface area contributed by atoms with Gasteiger partial charge in [0.25, 0.3) is 0 Å². The van der Waals surface area contributed by atoms with Gasteiger partial charge >= 0.3 is 0 Å². The van der Waals surface area contributed by atoms with Gasteiger partial charge in [-0.15, -0.1) is 11.3 Å². The highest BCUT2D eigenvalue weighted by atomic mass is 127. The number of alkyl halides is 1. The van der Waals surface area contributed by atoms with Crippen molar-refractivity contribution in [3.05, 3.63) is 23.1 Å². The third-order valence-corrected chi connectivity index (χ3v) is 4.39. The molecule has 17 heavy (non-hydrogen) atoms. The first-order valence-electron chi connectivity index (χ1n) is 5.10. The lowest BCUT2D eigenvalue weighted by Crippen LogP contribution is -2.01. The third kappa shape index (κ3) is 1.86. The van der Waals surface area contributed by atoms with E-state index >= 15 is 0 Å². The smallest absolute Gasteiger partial charge is 0.157 e. The molecule has 0 radical (unpaired) electrons. The minimum Gasteiger partial charge on any atom is -0.374 e. The summed E-state index contributed by atoms with van der Waals surface area (Å²) in [6, 6.07) is 0. The predicted molar refractivity (Wildman–Crippen MR) is 72.1 cm³/mol. The normalized spacial score (nSPS) is 24.4. The monoisotopic (exact) mass is 362 g/mol. The lowest BCUT2D eigenvalue weighted by molar-refractivity contribution is 0.231. The molecule has 1 saturated carbocycles. The minimum absolute atomic E-state index is 0.0689. The Balaban J connectivity index is 2.15. The summed E-state index contributed by atoms with van der Waals surface area (Å²) >= 11 is 3.37. The van der Waals surface area contributed by atoms with Crippen LogP contribution >= 0.6 is 33.9 Å². The third-order valence-electron chi connectivity index (χ3n) is 2.83. The van der Waals surface area contributed by atoms with E-state index in [9.17, 15) is 9.50 Å². The topological polar surface area (TPSA) is 37.5 Å². The quantitative estimate of drug-likeness (QED) is 0.659. The molecule has 2 aromatic rings. The first-order chi connectivity index (χ1) is 8.22. The number of rotatable bonds is 2. The highest BCUT2D eigenvalue weighted by Crippen LogP contribution is 2.49. The van der Waals surface area contributed by atoms with Gasteiger partial charge in [-0.3, -0.25) is 4.40 Å². The van der Waals surface area contributed by atoms with E-state index in [0.29, 0.717) is 12.1 Å². The molecule has 3 nitrogen and oxygen atoms in total. The molecule has 1 N–H and O–H groups in total. The largest absolute Gasteiger partial charge is 0.374 e. The lowest BCUT2D eigenvalue weighted by Gasteiger charge is -2.05. The Morgan fingerprint density at radius 3 is 3.12 bits per heavy atom. The molecule has 0 saturated heterocycles. The first kappa shape index (κ1) is 11.4. The van der Waals surface area contributed by atoms with Crippen molar-refractivity contribution in [1.29, 1.82) is 0 Å². The Hall–Kier alpha value is -0.650. The number of fused-ring (bicyclic) bond motifs is 1. The second kappa shape index (κ2) is 4.23. The van der Waals surface area contributed by atoms with Crippen molar-refractivity contribution in [2.24, 2.45) is 0 Å². The molecule has 3 atom stereocenters. The van der Waals surface area contributed by atoms with Crippen molar-refractivity contribution < 1.29 is 9.50 Å². The van der Waals surface area contributed by atoms with Crippen LogP contribution in [-0.2, 0) is 0 Å². The summed E-state index contributed by atoms with van der Waals surface area (Å²) in [5.41, 5.74) is 0.678. The van der Waals surface area contributed by atoms with Crippen LogP contribution in [0.1, 0.15) is 29.0 Å². The Labute approximate surface area is 115 Å². The van der Waals surface area contributed by atoms with Crippen molar-refractivity contribution in [2.75, 3.05) is 0 Å². The molecule has 3 unspecified atom stereocenters. The number of nitrogens with zero attached hydrogens (tertiary/aromatic N) is 2. The molecule has 2 aromatic heterocycles. The summed E-state index contributed by atoms with van der Waals surface area (Å²) in [5, 5.41) is 10.0. The summed E-state index contributed by atoms with van der Waals surface area (Å²) in [6.45, 7) is 0. The molecule has 0 aliphatic heterocycles. The van der Waals surface area contributed by atoms with Crippen LogP contribution in [0.2, 0.25) is 0 Å². The molecule has 0 bridgehead atoms. The van der Waals surface area contributed by atoms with E-state index in [1.165, 1.54) is 11.3 Å². The van der Waals surface area contributed by atoms with Gasteiger partial charge in [0.2, 0.25) is 0 Å². The number of thiazole rings is 1. The van der Waals surface area contributed by atoms with Crippen LogP contribution in [0.4, 0.5) is 4.39 Å². The maximum atomic E-state index is 13.2. The number of hydrogen-bond donors (Lipinski definition) is 1. The summed E-state index contributed by atoms with van der Waals surface area (Å²) < 4.78 is 17.6. The number of halogens is 2. The zero-order chi connectivity index (χ0) is 12.0. The molecule has 2 heterocycles.